The summed E-state index contributed by atoms with van der Waals surface area (Å²) in [4.78, 5) is 30.4. The van der Waals surface area contributed by atoms with Gasteiger partial charge in [-0.1, -0.05) is 6.07 Å². The van der Waals surface area contributed by atoms with Crippen LogP contribution < -0.4 is 5.32 Å². The molecule has 0 bridgehead atoms. The Morgan fingerprint density at radius 3 is 2.81 bits per heavy atom. The number of hydrogen-bond acceptors (Lipinski definition) is 5. The quantitative estimate of drug-likeness (QED) is 0.662. The summed E-state index contributed by atoms with van der Waals surface area (Å²) in [6.07, 6.45) is 5.24. The third kappa shape index (κ3) is 5.03. The van der Waals surface area contributed by atoms with Crippen molar-refractivity contribution < 1.29 is 14.0 Å². The Labute approximate surface area is 155 Å². The predicted molar refractivity (Wildman–Crippen MR) is 98.5 cm³/mol. The Balaban J connectivity index is 1.57. The molecule has 0 saturated heterocycles. The molecule has 0 aliphatic carbocycles. The number of aromatic nitrogens is 1. The van der Waals surface area contributed by atoms with Crippen molar-refractivity contribution in [2.45, 2.75) is 19.5 Å². The van der Waals surface area contributed by atoms with E-state index in [1.54, 1.807) is 41.1 Å². The maximum Gasteiger partial charge on any atom is 0.252 e. The topological polar surface area (TPSA) is 75.4 Å². The molecular formula is C19H19N3O3S. The molecule has 3 rings (SSSR count). The smallest absolute Gasteiger partial charge is 0.252 e. The van der Waals surface area contributed by atoms with Gasteiger partial charge in [-0.2, -0.15) is 11.3 Å². The number of carbonyl (C=O) groups is 2. The summed E-state index contributed by atoms with van der Waals surface area (Å²) in [5, 5.41) is 6.40. The van der Waals surface area contributed by atoms with Crippen molar-refractivity contribution in [3.63, 3.8) is 0 Å². The molecule has 3 aromatic rings. The summed E-state index contributed by atoms with van der Waals surface area (Å²) in [7, 11) is 0. The minimum absolute atomic E-state index is 0.0594. The molecule has 0 radical (unpaired) electrons. The van der Waals surface area contributed by atoms with Crippen molar-refractivity contribution in [2.24, 2.45) is 0 Å². The normalized spacial score (nSPS) is 10.5. The van der Waals surface area contributed by atoms with Gasteiger partial charge in [0.1, 0.15) is 5.76 Å². The highest BCUT2D eigenvalue weighted by molar-refractivity contribution is 7.08. The summed E-state index contributed by atoms with van der Waals surface area (Å²) < 4.78 is 5.37. The van der Waals surface area contributed by atoms with E-state index in [1.165, 1.54) is 11.3 Å². The third-order valence-corrected chi connectivity index (χ3v) is 4.47. The van der Waals surface area contributed by atoms with E-state index < -0.39 is 0 Å². The van der Waals surface area contributed by atoms with Gasteiger partial charge < -0.3 is 14.6 Å². The van der Waals surface area contributed by atoms with E-state index in [0.717, 1.165) is 5.56 Å². The molecule has 0 fully saturated rings. The van der Waals surface area contributed by atoms with Gasteiger partial charge in [0.05, 0.1) is 12.8 Å². The molecule has 0 aliphatic heterocycles. The zero-order valence-electron chi connectivity index (χ0n) is 14.1. The first kappa shape index (κ1) is 17.9. The van der Waals surface area contributed by atoms with Gasteiger partial charge in [0.2, 0.25) is 5.91 Å². The Hall–Kier alpha value is -2.93. The first-order valence-corrected chi connectivity index (χ1v) is 9.16. The second-order valence-corrected chi connectivity index (χ2v) is 6.49. The van der Waals surface area contributed by atoms with Gasteiger partial charge in [-0.15, -0.1) is 0 Å². The van der Waals surface area contributed by atoms with Crippen LogP contribution in [0.2, 0.25) is 0 Å². The molecular weight excluding hydrogens is 350 g/mol. The molecule has 1 N–H and O–H groups in total. The third-order valence-electron chi connectivity index (χ3n) is 3.78. The number of hydrogen-bond donors (Lipinski definition) is 1. The Morgan fingerprint density at radius 1 is 1.19 bits per heavy atom. The van der Waals surface area contributed by atoms with Crippen LogP contribution in [0, 0.1) is 0 Å². The molecule has 3 aromatic heterocycles. The van der Waals surface area contributed by atoms with Gasteiger partial charge in [0, 0.05) is 42.8 Å². The number of nitrogens with zero attached hydrogens (tertiary/aromatic N) is 2. The second-order valence-electron chi connectivity index (χ2n) is 5.71. The van der Waals surface area contributed by atoms with Crippen molar-refractivity contribution in [1.29, 1.82) is 0 Å². The van der Waals surface area contributed by atoms with Crippen molar-refractivity contribution in [3.8, 4) is 0 Å². The summed E-state index contributed by atoms with van der Waals surface area (Å²) in [5.74, 6) is 0.490. The molecule has 0 aromatic carbocycles. The van der Waals surface area contributed by atoms with Crippen LogP contribution in [-0.4, -0.2) is 28.2 Å². The van der Waals surface area contributed by atoms with E-state index in [2.05, 4.69) is 10.3 Å². The van der Waals surface area contributed by atoms with Crippen LogP contribution in [0.1, 0.15) is 28.1 Å². The Kier molecular flexibility index (Phi) is 6.16. The highest BCUT2D eigenvalue weighted by atomic mass is 32.1. The zero-order chi connectivity index (χ0) is 18.2. The van der Waals surface area contributed by atoms with Gasteiger partial charge in [-0.05, 0) is 35.2 Å². The monoisotopic (exact) mass is 369 g/mol. The second kappa shape index (κ2) is 8.96. The van der Waals surface area contributed by atoms with Crippen LogP contribution in [-0.2, 0) is 17.9 Å². The van der Waals surface area contributed by atoms with Crippen LogP contribution in [0.4, 0.5) is 0 Å². The molecule has 0 saturated carbocycles. The molecule has 0 atom stereocenters. The van der Waals surface area contributed by atoms with Crippen LogP contribution in [0.15, 0.2) is 64.2 Å². The van der Waals surface area contributed by atoms with Gasteiger partial charge in [0.25, 0.3) is 5.91 Å². The van der Waals surface area contributed by atoms with Crippen molar-refractivity contribution in [3.05, 3.63) is 76.6 Å². The summed E-state index contributed by atoms with van der Waals surface area (Å²) in [6, 6.07) is 9.15. The lowest BCUT2D eigenvalue weighted by molar-refractivity contribution is -0.132. The number of carbonyl (C=O) groups excluding carboxylic acids is 2. The molecule has 0 unspecified atom stereocenters. The number of amides is 2. The van der Waals surface area contributed by atoms with Crippen molar-refractivity contribution in [2.75, 3.05) is 6.54 Å². The minimum atomic E-state index is -0.163. The summed E-state index contributed by atoms with van der Waals surface area (Å²) in [5.41, 5.74) is 1.56. The molecule has 3 heterocycles. The zero-order valence-corrected chi connectivity index (χ0v) is 14.9. The molecule has 2 amide bonds. The average molecular weight is 369 g/mol. The fourth-order valence-electron chi connectivity index (χ4n) is 2.47. The van der Waals surface area contributed by atoms with E-state index >= 15 is 0 Å². The summed E-state index contributed by atoms with van der Waals surface area (Å²) >= 11 is 1.46. The highest BCUT2D eigenvalue weighted by Gasteiger charge is 2.16. The van der Waals surface area contributed by atoms with Crippen LogP contribution in [0.25, 0.3) is 0 Å². The van der Waals surface area contributed by atoms with E-state index in [4.69, 9.17) is 4.42 Å². The number of rotatable bonds is 8. The molecule has 134 valence electrons. The Morgan fingerprint density at radius 2 is 2.12 bits per heavy atom. The number of furan rings is 1. The minimum Gasteiger partial charge on any atom is -0.467 e. The standard InChI is InChI=1S/C19H19N3O3S/c23-18(5-8-21-19(24)16-6-10-26-14-16)22(13-17-4-2-9-25-17)12-15-3-1-7-20-11-15/h1-4,6-7,9-11,14H,5,8,12-13H2,(H,21,24). The summed E-state index contributed by atoms with van der Waals surface area (Å²) in [6.45, 7) is 1.10. The van der Waals surface area contributed by atoms with Gasteiger partial charge in [-0.25, -0.2) is 0 Å². The fourth-order valence-corrected chi connectivity index (χ4v) is 3.11. The largest absolute Gasteiger partial charge is 0.467 e. The molecule has 6 nitrogen and oxygen atoms in total. The lowest BCUT2D eigenvalue weighted by Gasteiger charge is -2.22. The van der Waals surface area contributed by atoms with Crippen LogP contribution in [0.5, 0.6) is 0 Å². The van der Waals surface area contributed by atoms with Gasteiger partial charge in [-0.3, -0.25) is 14.6 Å². The number of nitrogens with one attached hydrogen (secondary N) is 1. The lowest BCUT2D eigenvalue weighted by atomic mass is 10.2. The predicted octanol–water partition coefficient (Wildman–Crippen LogP) is 3.09. The average Bonchev–Trinajstić information content (AvgIpc) is 3.36. The maximum atomic E-state index is 12.7. The molecule has 26 heavy (non-hydrogen) atoms. The first-order valence-electron chi connectivity index (χ1n) is 8.22. The SMILES string of the molecule is O=C(NCCC(=O)N(Cc1cccnc1)Cc1ccco1)c1ccsc1. The Bertz CT molecular complexity index is 817. The molecule has 0 aliphatic rings. The van der Waals surface area contributed by atoms with Crippen molar-refractivity contribution >= 4 is 23.2 Å². The fraction of sp³-hybridized carbons (Fsp3) is 0.211. The first-order chi connectivity index (χ1) is 12.7. The maximum absolute atomic E-state index is 12.7. The van der Waals surface area contributed by atoms with Crippen molar-refractivity contribution in [1.82, 2.24) is 15.2 Å². The van der Waals surface area contributed by atoms with Gasteiger partial charge in [0.15, 0.2) is 0 Å². The lowest BCUT2D eigenvalue weighted by Crippen LogP contribution is -2.33. The van der Waals surface area contributed by atoms with Crippen LogP contribution >= 0.6 is 11.3 Å². The molecule has 7 heteroatoms. The highest BCUT2D eigenvalue weighted by Crippen LogP contribution is 2.11. The number of thiophene rings is 1. The number of pyridine rings is 1. The van der Waals surface area contributed by atoms with Crippen LogP contribution in [0.3, 0.4) is 0 Å². The van der Waals surface area contributed by atoms with E-state index in [-0.39, 0.29) is 24.8 Å². The van der Waals surface area contributed by atoms with E-state index in [0.29, 0.717) is 24.4 Å². The molecule has 0 spiro atoms. The van der Waals surface area contributed by atoms with E-state index in [1.807, 2.05) is 23.6 Å². The van der Waals surface area contributed by atoms with E-state index in [9.17, 15) is 9.59 Å². The van der Waals surface area contributed by atoms with Gasteiger partial charge >= 0.3 is 0 Å².